The van der Waals surface area contributed by atoms with E-state index in [1.807, 2.05) is 36.2 Å². The van der Waals surface area contributed by atoms with Crippen LogP contribution in [0.5, 0.6) is 11.5 Å². The third-order valence-electron chi connectivity index (χ3n) is 5.04. The molecule has 3 rings (SSSR count). The van der Waals surface area contributed by atoms with Gasteiger partial charge in [-0.2, -0.15) is 0 Å². The first-order valence-corrected chi connectivity index (χ1v) is 9.38. The van der Waals surface area contributed by atoms with Gasteiger partial charge in [-0.3, -0.25) is 9.69 Å². The molecule has 1 heterocycles. The zero-order valence-corrected chi connectivity index (χ0v) is 18.4. The van der Waals surface area contributed by atoms with Gasteiger partial charge in [0.15, 0.2) is 0 Å². The summed E-state index contributed by atoms with van der Waals surface area (Å²) >= 11 is 0. The van der Waals surface area contributed by atoms with Crippen LogP contribution in [0.3, 0.4) is 0 Å². The Balaban J connectivity index is 0.00000225. The number of rotatable bonds is 6. The van der Waals surface area contributed by atoms with Gasteiger partial charge in [0.2, 0.25) is 0 Å². The Kier molecular flexibility index (Phi) is 10.5. The predicted molar refractivity (Wildman–Crippen MR) is 120 cm³/mol. The minimum Gasteiger partial charge on any atom is -0.457 e. The maximum atomic E-state index is 14.3. The molecule has 9 heteroatoms. The van der Waals surface area contributed by atoms with Gasteiger partial charge in [-0.25, -0.2) is 4.39 Å². The Morgan fingerprint density at radius 2 is 1.83 bits per heavy atom. The Bertz CT molecular complexity index is 824. The number of nitrogens with two attached hydrogens (primary N) is 1. The highest BCUT2D eigenvalue weighted by Gasteiger charge is 2.28. The first-order chi connectivity index (χ1) is 13.5. The third kappa shape index (κ3) is 6.30. The van der Waals surface area contributed by atoms with Crippen LogP contribution in [0.15, 0.2) is 42.5 Å². The van der Waals surface area contributed by atoms with E-state index in [0.29, 0.717) is 37.7 Å². The lowest BCUT2D eigenvalue weighted by atomic mass is 10.1. The summed E-state index contributed by atoms with van der Waals surface area (Å²) in [6.45, 7) is 2.00. The van der Waals surface area contributed by atoms with Crippen molar-refractivity contribution in [3.05, 3.63) is 59.4 Å². The molecule has 0 spiro atoms. The molecule has 1 unspecified atom stereocenters. The van der Waals surface area contributed by atoms with Crippen LogP contribution in [0.1, 0.15) is 15.9 Å². The number of hydrogen-bond donors (Lipinski definition) is 2. The second-order valence-corrected chi connectivity index (χ2v) is 6.99. The van der Waals surface area contributed by atoms with Gasteiger partial charge >= 0.3 is 0 Å². The predicted octanol–water partition coefficient (Wildman–Crippen LogP) is 2.71. The number of benzene rings is 2. The summed E-state index contributed by atoms with van der Waals surface area (Å²) in [5, 5.41) is 9.47. The highest BCUT2D eigenvalue weighted by Crippen LogP contribution is 2.25. The molecule has 0 aliphatic carbocycles. The molecule has 30 heavy (non-hydrogen) atoms. The molecule has 1 amide bonds. The van der Waals surface area contributed by atoms with E-state index < -0.39 is 11.7 Å². The van der Waals surface area contributed by atoms with Crippen molar-refractivity contribution in [3.8, 4) is 11.5 Å². The van der Waals surface area contributed by atoms with E-state index in [1.165, 1.54) is 18.2 Å². The number of hydrogen-bond acceptors (Lipinski definition) is 5. The number of piperazine rings is 1. The van der Waals surface area contributed by atoms with Crippen molar-refractivity contribution in [2.24, 2.45) is 5.73 Å². The molecule has 6 nitrogen and oxygen atoms in total. The average Bonchev–Trinajstić information content (AvgIpc) is 2.71. The molecular formula is C21H28Cl2FN3O3. The van der Waals surface area contributed by atoms with Crippen molar-refractivity contribution in [1.29, 1.82) is 0 Å². The highest BCUT2D eigenvalue weighted by molar-refractivity contribution is 5.95. The van der Waals surface area contributed by atoms with Crippen LogP contribution in [0, 0.1) is 5.82 Å². The number of amides is 1. The summed E-state index contributed by atoms with van der Waals surface area (Å²) in [7, 11) is 1.90. The van der Waals surface area contributed by atoms with Gasteiger partial charge in [0, 0.05) is 19.6 Å². The zero-order valence-electron chi connectivity index (χ0n) is 16.8. The largest absolute Gasteiger partial charge is 0.457 e. The van der Waals surface area contributed by atoms with Crippen molar-refractivity contribution >= 4 is 30.7 Å². The van der Waals surface area contributed by atoms with E-state index in [-0.39, 0.29) is 43.0 Å². The molecule has 2 aromatic rings. The monoisotopic (exact) mass is 459 g/mol. The van der Waals surface area contributed by atoms with Gasteiger partial charge in [0.05, 0.1) is 18.2 Å². The number of aliphatic hydroxyl groups excluding tert-OH is 1. The van der Waals surface area contributed by atoms with E-state index in [2.05, 4.69) is 0 Å². The van der Waals surface area contributed by atoms with Crippen molar-refractivity contribution in [2.45, 2.75) is 12.5 Å². The fourth-order valence-electron chi connectivity index (χ4n) is 3.26. The third-order valence-corrected chi connectivity index (χ3v) is 5.04. The summed E-state index contributed by atoms with van der Waals surface area (Å²) in [6, 6.07) is 11.5. The molecule has 1 aliphatic heterocycles. The number of carbonyl (C=O) groups is 1. The van der Waals surface area contributed by atoms with Gasteiger partial charge < -0.3 is 20.5 Å². The van der Waals surface area contributed by atoms with E-state index in [9.17, 15) is 14.3 Å². The van der Waals surface area contributed by atoms with Crippen LogP contribution in [-0.4, -0.2) is 66.7 Å². The Morgan fingerprint density at radius 3 is 2.47 bits per heavy atom. The van der Waals surface area contributed by atoms with Gasteiger partial charge in [0.1, 0.15) is 17.3 Å². The smallest absolute Gasteiger partial charge is 0.257 e. The van der Waals surface area contributed by atoms with Crippen LogP contribution >= 0.6 is 24.8 Å². The molecule has 1 fully saturated rings. The number of likely N-dealkylation sites (N-methyl/N-ethyl adjacent to an activating group) is 1. The molecule has 0 aromatic heterocycles. The van der Waals surface area contributed by atoms with Crippen LogP contribution in [0.25, 0.3) is 0 Å². The summed E-state index contributed by atoms with van der Waals surface area (Å²) in [4.78, 5) is 16.4. The van der Waals surface area contributed by atoms with Crippen LogP contribution in [0.2, 0.25) is 0 Å². The quantitative estimate of drug-likeness (QED) is 0.693. The van der Waals surface area contributed by atoms with Gasteiger partial charge in [0.25, 0.3) is 5.91 Å². The number of carbonyl (C=O) groups excluding carboxylic acids is 1. The van der Waals surface area contributed by atoms with Gasteiger partial charge in [-0.15, -0.1) is 24.8 Å². The second kappa shape index (κ2) is 12.1. The van der Waals surface area contributed by atoms with E-state index >= 15 is 0 Å². The van der Waals surface area contributed by atoms with E-state index in [0.717, 1.165) is 12.0 Å². The molecule has 1 aliphatic rings. The lowest BCUT2D eigenvalue weighted by molar-refractivity contribution is 0.0417. The number of halogens is 3. The van der Waals surface area contributed by atoms with E-state index in [1.54, 1.807) is 4.90 Å². The van der Waals surface area contributed by atoms with Crippen molar-refractivity contribution in [1.82, 2.24) is 9.80 Å². The second-order valence-electron chi connectivity index (χ2n) is 6.99. The average molecular weight is 460 g/mol. The fraction of sp³-hybridized carbons (Fsp3) is 0.381. The minimum atomic E-state index is -0.588. The van der Waals surface area contributed by atoms with Crippen LogP contribution < -0.4 is 10.5 Å². The fourth-order valence-corrected chi connectivity index (χ4v) is 3.26. The lowest BCUT2D eigenvalue weighted by Gasteiger charge is -2.38. The number of nitrogens with zero attached hydrogens (tertiary/aromatic N) is 2. The van der Waals surface area contributed by atoms with Gasteiger partial charge in [-0.1, -0.05) is 12.1 Å². The first-order valence-electron chi connectivity index (χ1n) is 9.38. The molecule has 0 saturated carbocycles. The van der Waals surface area contributed by atoms with Crippen LogP contribution in [0.4, 0.5) is 4.39 Å². The SMILES string of the molecule is CN1CCN(C(=O)c2cc(Oc3ccc(CCN)cc3)ccc2F)CC1CO.Cl.Cl. The van der Waals surface area contributed by atoms with Gasteiger partial charge in [-0.05, 0) is 55.9 Å². The zero-order chi connectivity index (χ0) is 20.1. The molecule has 0 bridgehead atoms. The Labute approximate surface area is 188 Å². The maximum Gasteiger partial charge on any atom is 0.257 e. The van der Waals surface area contributed by atoms with Crippen molar-refractivity contribution < 1.29 is 19.0 Å². The summed E-state index contributed by atoms with van der Waals surface area (Å²) in [5.41, 5.74) is 6.63. The summed E-state index contributed by atoms with van der Waals surface area (Å²) < 4.78 is 20.1. The summed E-state index contributed by atoms with van der Waals surface area (Å²) in [5.74, 6) is 0.0118. The van der Waals surface area contributed by atoms with Crippen molar-refractivity contribution in [3.63, 3.8) is 0 Å². The molecule has 2 aromatic carbocycles. The summed E-state index contributed by atoms with van der Waals surface area (Å²) in [6.07, 6.45) is 0.787. The Hall–Kier alpha value is -1.90. The minimum absolute atomic E-state index is 0. The molecule has 166 valence electrons. The normalized spacial score (nSPS) is 16.4. The molecular weight excluding hydrogens is 432 g/mol. The number of ether oxygens (including phenoxy) is 1. The molecule has 1 atom stereocenters. The lowest BCUT2D eigenvalue weighted by Crippen LogP contribution is -2.54. The maximum absolute atomic E-state index is 14.3. The van der Waals surface area contributed by atoms with E-state index in [4.69, 9.17) is 10.5 Å². The van der Waals surface area contributed by atoms with Crippen LogP contribution in [-0.2, 0) is 6.42 Å². The molecule has 3 N–H and O–H groups in total. The topological polar surface area (TPSA) is 79.0 Å². The Morgan fingerprint density at radius 1 is 1.17 bits per heavy atom. The number of aliphatic hydroxyl groups is 1. The molecule has 1 saturated heterocycles. The highest BCUT2D eigenvalue weighted by atomic mass is 35.5. The first kappa shape index (κ1) is 26.1. The molecule has 0 radical (unpaired) electrons. The standard InChI is InChI=1S/C21H26FN3O3.2ClH/c1-24-10-11-25(13-16(24)14-26)21(27)19-12-18(6-7-20(19)22)28-17-4-2-15(3-5-17)8-9-23;;/h2-7,12,16,26H,8-11,13-14,23H2,1H3;2*1H. The van der Waals surface area contributed by atoms with Crippen molar-refractivity contribution in [2.75, 3.05) is 39.8 Å².